The second-order valence-corrected chi connectivity index (χ2v) is 9.53. The Balaban J connectivity index is 0.00000124. The number of thiazole rings is 1. The maximum Gasteiger partial charge on any atom is 0.330 e. The number of hydrogen-bond donors (Lipinski definition) is 2. The topological polar surface area (TPSA) is 115 Å². The minimum absolute atomic E-state index is 0.197. The van der Waals surface area contributed by atoms with E-state index in [-0.39, 0.29) is 17.3 Å². The highest BCUT2D eigenvalue weighted by Gasteiger charge is 2.22. The van der Waals surface area contributed by atoms with Crippen molar-refractivity contribution in [1.29, 1.82) is 0 Å². The first-order chi connectivity index (χ1) is 16.4. The SMILES string of the molecule is CC(=O)OC(C)(C)C.CC\C=C/C(=C\C=C(/C)CCC)c1nc(C(=O)NC(CO)C(=O)OC)cs1. The molecule has 196 valence electrons. The molecule has 1 aromatic heterocycles. The van der Waals surface area contributed by atoms with E-state index in [1.54, 1.807) is 5.38 Å². The van der Waals surface area contributed by atoms with Gasteiger partial charge < -0.3 is 19.9 Å². The van der Waals surface area contributed by atoms with Crippen LogP contribution in [0.15, 0.2) is 35.3 Å². The summed E-state index contributed by atoms with van der Waals surface area (Å²) in [6.45, 7) is 12.7. The van der Waals surface area contributed by atoms with E-state index in [1.165, 1.54) is 30.9 Å². The number of nitrogens with zero attached hydrogens (tertiary/aromatic N) is 1. The molecule has 0 saturated heterocycles. The van der Waals surface area contributed by atoms with Gasteiger partial charge in [0.2, 0.25) is 0 Å². The summed E-state index contributed by atoms with van der Waals surface area (Å²) in [5.41, 5.74) is 2.06. The van der Waals surface area contributed by atoms with Crippen LogP contribution in [0.25, 0.3) is 5.57 Å². The fourth-order valence-corrected chi connectivity index (χ4v) is 3.45. The molecule has 0 aliphatic heterocycles. The van der Waals surface area contributed by atoms with Crippen LogP contribution in [0.1, 0.15) is 83.2 Å². The molecule has 0 spiro atoms. The number of esters is 2. The van der Waals surface area contributed by atoms with Crippen LogP contribution in [0.2, 0.25) is 0 Å². The molecule has 0 aromatic carbocycles. The van der Waals surface area contributed by atoms with Crippen LogP contribution in [0, 0.1) is 0 Å². The van der Waals surface area contributed by atoms with Gasteiger partial charge in [0.15, 0.2) is 6.04 Å². The second kappa shape index (κ2) is 16.8. The van der Waals surface area contributed by atoms with E-state index in [0.29, 0.717) is 5.01 Å². The van der Waals surface area contributed by atoms with Crippen LogP contribution in [0.3, 0.4) is 0 Å². The highest BCUT2D eigenvalue weighted by Crippen LogP contribution is 2.22. The molecule has 0 radical (unpaired) electrons. The van der Waals surface area contributed by atoms with Gasteiger partial charge in [0, 0.05) is 17.9 Å². The average molecular weight is 509 g/mol. The van der Waals surface area contributed by atoms with Gasteiger partial charge in [-0.25, -0.2) is 9.78 Å². The zero-order valence-electron chi connectivity index (χ0n) is 22.1. The van der Waals surface area contributed by atoms with Crippen molar-refractivity contribution in [2.75, 3.05) is 13.7 Å². The van der Waals surface area contributed by atoms with Crippen LogP contribution in [-0.4, -0.2) is 53.3 Å². The minimum atomic E-state index is -1.11. The molecule has 0 saturated carbocycles. The van der Waals surface area contributed by atoms with E-state index in [9.17, 15) is 19.5 Å². The van der Waals surface area contributed by atoms with Gasteiger partial charge in [-0.1, -0.05) is 50.1 Å². The largest absolute Gasteiger partial charge is 0.467 e. The predicted octanol–water partition coefficient (Wildman–Crippen LogP) is 4.85. The Labute approximate surface area is 213 Å². The summed E-state index contributed by atoms with van der Waals surface area (Å²) in [5, 5.41) is 14.0. The zero-order chi connectivity index (χ0) is 27.0. The Kier molecular flexibility index (Phi) is 15.4. The zero-order valence-corrected chi connectivity index (χ0v) is 23.0. The molecule has 1 rings (SSSR count). The number of carbonyl (C=O) groups is 3. The van der Waals surface area contributed by atoms with Crippen molar-refractivity contribution < 1.29 is 29.0 Å². The smallest absolute Gasteiger partial charge is 0.330 e. The first-order valence-electron chi connectivity index (χ1n) is 11.6. The third-order valence-electron chi connectivity index (χ3n) is 4.13. The summed E-state index contributed by atoms with van der Waals surface area (Å²) >= 11 is 1.35. The van der Waals surface area contributed by atoms with Crippen LogP contribution in [-0.2, 0) is 19.1 Å². The highest BCUT2D eigenvalue weighted by molar-refractivity contribution is 7.11. The fourth-order valence-electron chi connectivity index (χ4n) is 2.65. The molecule has 1 unspecified atom stereocenters. The minimum Gasteiger partial charge on any atom is -0.467 e. The summed E-state index contributed by atoms with van der Waals surface area (Å²) in [6.07, 6.45) is 11.1. The lowest BCUT2D eigenvalue weighted by atomic mass is 10.1. The summed E-state index contributed by atoms with van der Waals surface area (Å²) < 4.78 is 9.34. The van der Waals surface area contributed by atoms with E-state index in [0.717, 1.165) is 24.8 Å². The number of ether oxygens (including phenoxy) is 2. The van der Waals surface area contributed by atoms with Gasteiger partial charge >= 0.3 is 11.9 Å². The molecule has 0 aliphatic rings. The number of aliphatic hydroxyl groups is 1. The number of methoxy groups -OCH3 is 1. The highest BCUT2D eigenvalue weighted by atomic mass is 32.1. The number of amides is 1. The number of nitrogens with one attached hydrogen (secondary N) is 1. The third-order valence-corrected chi connectivity index (χ3v) is 5.02. The van der Waals surface area contributed by atoms with Crippen molar-refractivity contribution in [2.24, 2.45) is 0 Å². The van der Waals surface area contributed by atoms with Crippen LogP contribution in [0.4, 0.5) is 0 Å². The van der Waals surface area contributed by atoms with E-state index < -0.39 is 24.5 Å². The number of hydrogen-bond acceptors (Lipinski definition) is 8. The monoisotopic (exact) mass is 508 g/mol. The van der Waals surface area contributed by atoms with Crippen LogP contribution < -0.4 is 5.32 Å². The Hall–Kier alpha value is -2.78. The molecule has 8 nitrogen and oxygen atoms in total. The molecule has 1 heterocycles. The molecule has 1 atom stereocenters. The first-order valence-corrected chi connectivity index (χ1v) is 12.4. The Morgan fingerprint density at radius 2 is 1.86 bits per heavy atom. The molecule has 1 amide bonds. The number of rotatable bonds is 10. The Morgan fingerprint density at radius 1 is 1.20 bits per heavy atom. The average Bonchev–Trinajstić information content (AvgIpc) is 3.26. The second-order valence-electron chi connectivity index (χ2n) is 8.67. The Bertz CT molecular complexity index is 909. The molecule has 0 fully saturated rings. The standard InChI is InChI=1S/C20H28N2O4S.C6H12O2/c1-5-7-9-15(11-10-14(3)8-6-2)19-22-17(13-27-19)18(24)21-16(12-23)20(25)26-4;1-5(7)8-6(2,3)4/h7,9-11,13,16,23H,5-6,8,12H2,1-4H3,(H,21,24);1-4H3/b9-7-,14-10+,15-11+;. The summed E-state index contributed by atoms with van der Waals surface area (Å²) in [5.74, 6) is -1.46. The molecular weight excluding hydrogens is 468 g/mol. The fraction of sp³-hybridized carbons (Fsp3) is 0.538. The maximum atomic E-state index is 12.3. The lowest BCUT2D eigenvalue weighted by molar-refractivity contribution is -0.152. The lowest BCUT2D eigenvalue weighted by Gasteiger charge is -2.17. The van der Waals surface area contributed by atoms with Crippen molar-refractivity contribution in [3.63, 3.8) is 0 Å². The van der Waals surface area contributed by atoms with Crippen LogP contribution >= 0.6 is 11.3 Å². The Morgan fingerprint density at radius 3 is 2.31 bits per heavy atom. The van der Waals surface area contributed by atoms with Crippen LogP contribution in [0.5, 0.6) is 0 Å². The molecule has 2 N–H and O–H groups in total. The van der Waals surface area contributed by atoms with E-state index >= 15 is 0 Å². The predicted molar refractivity (Wildman–Crippen MR) is 140 cm³/mol. The number of aromatic nitrogens is 1. The normalized spacial score (nSPS) is 13.1. The van der Waals surface area contributed by atoms with Gasteiger partial charge in [-0.05, 0) is 40.5 Å². The van der Waals surface area contributed by atoms with Gasteiger partial charge in [-0.2, -0.15) is 0 Å². The van der Waals surface area contributed by atoms with E-state index in [2.05, 4.69) is 41.9 Å². The van der Waals surface area contributed by atoms with Crippen molar-refractivity contribution in [3.05, 3.63) is 46.0 Å². The quantitative estimate of drug-likeness (QED) is 0.343. The number of aliphatic hydroxyl groups excluding tert-OH is 1. The van der Waals surface area contributed by atoms with E-state index in [1.807, 2.05) is 39.0 Å². The van der Waals surface area contributed by atoms with Gasteiger partial charge in [0.05, 0.1) is 13.7 Å². The summed E-state index contributed by atoms with van der Waals surface area (Å²) in [4.78, 5) is 38.4. The van der Waals surface area contributed by atoms with Gasteiger partial charge in [-0.3, -0.25) is 9.59 Å². The van der Waals surface area contributed by atoms with Crippen molar-refractivity contribution in [1.82, 2.24) is 10.3 Å². The molecule has 0 aliphatic carbocycles. The molecule has 35 heavy (non-hydrogen) atoms. The van der Waals surface area contributed by atoms with Gasteiger partial charge in [0.1, 0.15) is 16.3 Å². The number of carbonyl (C=O) groups excluding carboxylic acids is 3. The molecule has 0 bridgehead atoms. The molecule has 9 heteroatoms. The van der Waals surface area contributed by atoms with Gasteiger partial charge in [-0.15, -0.1) is 11.3 Å². The van der Waals surface area contributed by atoms with E-state index in [4.69, 9.17) is 4.74 Å². The van der Waals surface area contributed by atoms with Gasteiger partial charge in [0.25, 0.3) is 5.91 Å². The van der Waals surface area contributed by atoms with Crippen molar-refractivity contribution in [3.8, 4) is 0 Å². The van der Waals surface area contributed by atoms with Crippen molar-refractivity contribution >= 4 is 34.8 Å². The third kappa shape index (κ3) is 14.3. The maximum absolute atomic E-state index is 12.3. The first kappa shape index (κ1) is 32.2. The summed E-state index contributed by atoms with van der Waals surface area (Å²) in [6, 6.07) is -1.11. The molecule has 1 aromatic rings. The number of allylic oxidation sites excluding steroid dienone is 6. The lowest BCUT2D eigenvalue weighted by Crippen LogP contribution is -2.44. The summed E-state index contributed by atoms with van der Waals surface area (Å²) in [7, 11) is 1.20. The molecular formula is C26H40N2O6S. The van der Waals surface area contributed by atoms with Crippen molar-refractivity contribution in [2.45, 2.75) is 79.4 Å².